The lowest BCUT2D eigenvalue weighted by Gasteiger charge is -2.45. The molecule has 1 fully saturated rings. The molecule has 5 atom stereocenters. The van der Waals surface area contributed by atoms with Crippen LogP contribution in [0, 0.1) is 11.8 Å². The van der Waals surface area contributed by atoms with Gasteiger partial charge < -0.3 is 29.7 Å². The fourth-order valence-electron chi connectivity index (χ4n) is 8.58. The number of rotatable bonds is 16. The average molecular weight is 786 g/mol. The summed E-state index contributed by atoms with van der Waals surface area (Å²) in [6, 6.07) is 0. The summed E-state index contributed by atoms with van der Waals surface area (Å²) >= 11 is 0. The molecule has 1 aromatic rings. The van der Waals surface area contributed by atoms with Gasteiger partial charge in [-0.2, -0.15) is 0 Å². The molecular weight excluding hydrogens is 723 g/mol. The maximum Gasteiger partial charge on any atom is 0.303 e. The number of carboxylic acids is 1. The van der Waals surface area contributed by atoms with E-state index in [1.807, 2.05) is 46.8 Å². The van der Waals surface area contributed by atoms with Gasteiger partial charge in [0.25, 0.3) is 0 Å². The number of benzene rings is 1. The molecule has 1 aromatic carbocycles. The van der Waals surface area contributed by atoms with Crippen LogP contribution >= 0.6 is 0 Å². The smallest absolute Gasteiger partial charge is 0.303 e. The van der Waals surface area contributed by atoms with Crippen molar-refractivity contribution >= 4 is 29.5 Å². The highest BCUT2D eigenvalue weighted by atomic mass is 16.5. The van der Waals surface area contributed by atoms with Crippen LogP contribution in [0.3, 0.4) is 0 Å². The molecule has 5 unspecified atom stereocenters. The second-order valence-electron chi connectivity index (χ2n) is 17.8. The lowest BCUT2D eigenvalue weighted by atomic mass is 9.69. The summed E-state index contributed by atoms with van der Waals surface area (Å²) in [5.74, 6) is -1.90. The molecule has 0 spiro atoms. The van der Waals surface area contributed by atoms with E-state index < -0.39 is 34.8 Å². The van der Waals surface area contributed by atoms with Crippen LogP contribution in [0.15, 0.2) is 52.7 Å². The van der Waals surface area contributed by atoms with E-state index in [0.717, 1.165) is 44.1 Å². The standard InChI is InChI=1S/C47H63NO9/c1-28(2)16-15-22-46(8)23-21-32-38(51)37-39(52)34-26-31-27-35(41(34)55-42(37)33(40(32)56-46)19-18-29(3)4)45(6,7)57-47(9,43(31)53)24-20-30(5)44(54)48-25-14-12-10-11-13-17-36(49)50/h16,18,20-21,23,26,31,35,41,51H,10-15,17,19,22,24-25,27H2,1-9H3,(H,48,54)(H,49,50). The number of fused-ring (bicyclic) bond motifs is 6. The zero-order chi connectivity index (χ0) is 41.9. The first-order chi connectivity index (χ1) is 26.8. The first kappa shape index (κ1) is 43.7. The van der Waals surface area contributed by atoms with Crippen molar-refractivity contribution in [3.8, 4) is 17.2 Å². The minimum Gasteiger partial charge on any atom is -0.506 e. The number of aliphatic carboxylic acids is 1. The van der Waals surface area contributed by atoms with Gasteiger partial charge in [-0.15, -0.1) is 0 Å². The summed E-state index contributed by atoms with van der Waals surface area (Å²) in [5, 5.41) is 23.6. The van der Waals surface area contributed by atoms with Crippen LogP contribution in [0.4, 0.5) is 0 Å². The number of Topliss-reactive ketones (excluding diaryl/α,β-unsaturated/α-hetero) is 2. The van der Waals surface area contributed by atoms with Crippen molar-refractivity contribution in [2.75, 3.05) is 6.54 Å². The number of unbranched alkanes of at least 4 members (excludes halogenated alkanes) is 4. The number of carboxylic acid groups (broad SMARTS) is 1. The number of phenolic OH excluding ortho intramolecular Hbond substituents is 1. The Morgan fingerprint density at radius 3 is 2.30 bits per heavy atom. The Morgan fingerprint density at radius 1 is 0.930 bits per heavy atom. The minimum absolute atomic E-state index is 0.0881. The van der Waals surface area contributed by atoms with E-state index in [1.165, 1.54) is 5.57 Å². The number of ether oxygens (including phenoxy) is 3. The van der Waals surface area contributed by atoms with Gasteiger partial charge in [-0.3, -0.25) is 19.2 Å². The zero-order valence-corrected chi connectivity index (χ0v) is 35.4. The highest BCUT2D eigenvalue weighted by Gasteiger charge is 2.57. The van der Waals surface area contributed by atoms with Crippen molar-refractivity contribution in [2.24, 2.45) is 11.8 Å². The lowest BCUT2D eigenvalue weighted by Crippen LogP contribution is -2.50. The van der Waals surface area contributed by atoms with Crippen molar-refractivity contribution in [3.63, 3.8) is 0 Å². The van der Waals surface area contributed by atoms with Crippen molar-refractivity contribution < 1.29 is 43.6 Å². The van der Waals surface area contributed by atoms with Gasteiger partial charge in [0.05, 0.1) is 11.2 Å². The van der Waals surface area contributed by atoms with Gasteiger partial charge in [0, 0.05) is 47.9 Å². The predicted octanol–water partition coefficient (Wildman–Crippen LogP) is 9.33. The molecule has 10 heteroatoms. The van der Waals surface area contributed by atoms with E-state index in [1.54, 1.807) is 26.0 Å². The summed E-state index contributed by atoms with van der Waals surface area (Å²) in [6.45, 7) is 18.0. The SMILES string of the molecule is CC(C)=CCCC1(C)C=Cc2c(O)c3c(c(CC=C(C)C)c2O1)OC1C(=CC2CC1C(C)(C)OC(C)(CC=C(C)C(=O)NCCCCCCCC(=O)O)C2=O)C3=O. The number of ketones is 2. The second-order valence-corrected chi connectivity index (χ2v) is 17.8. The number of carbonyl (C=O) groups is 4. The number of nitrogens with one attached hydrogen (secondary N) is 1. The van der Waals surface area contributed by atoms with Crippen LogP contribution in [-0.4, -0.2) is 63.1 Å². The number of aromatic hydroxyl groups is 1. The third-order valence-electron chi connectivity index (χ3n) is 11.9. The predicted molar refractivity (Wildman–Crippen MR) is 222 cm³/mol. The molecule has 1 aliphatic carbocycles. The second kappa shape index (κ2) is 17.6. The highest BCUT2D eigenvalue weighted by Crippen LogP contribution is 2.55. The van der Waals surface area contributed by atoms with Gasteiger partial charge in [-0.25, -0.2) is 0 Å². The number of allylic oxidation sites excluding steroid dienone is 5. The Kier molecular flexibility index (Phi) is 13.5. The van der Waals surface area contributed by atoms with E-state index in [2.05, 4.69) is 31.3 Å². The molecule has 10 nitrogen and oxygen atoms in total. The molecule has 1 saturated heterocycles. The molecule has 310 valence electrons. The van der Waals surface area contributed by atoms with E-state index in [0.29, 0.717) is 59.6 Å². The van der Waals surface area contributed by atoms with Crippen LogP contribution < -0.4 is 14.8 Å². The van der Waals surface area contributed by atoms with Crippen LogP contribution in [0.5, 0.6) is 17.2 Å². The quantitative estimate of drug-likeness (QED) is 0.0847. The monoisotopic (exact) mass is 785 g/mol. The third-order valence-corrected chi connectivity index (χ3v) is 11.9. The molecular formula is C47H63NO9. The van der Waals surface area contributed by atoms with E-state index in [4.69, 9.17) is 19.3 Å². The highest BCUT2D eigenvalue weighted by molar-refractivity contribution is 6.16. The van der Waals surface area contributed by atoms with Crippen molar-refractivity contribution in [1.29, 1.82) is 0 Å². The summed E-state index contributed by atoms with van der Waals surface area (Å²) in [4.78, 5) is 52.7. The zero-order valence-electron chi connectivity index (χ0n) is 35.4. The summed E-state index contributed by atoms with van der Waals surface area (Å²) in [6.07, 6.45) is 17.6. The summed E-state index contributed by atoms with van der Waals surface area (Å²) < 4.78 is 20.5. The number of hydrogen-bond acceptors (Lipinski definition) is 8. The molecule has 0 aromatic heterocycles. The molecule has 3 aliphatic heterocycles. The molecule has 2 bridgehead atoms. The summed E-state index contributed by atoms with van der Waals surface area (Å²) in [7, 11) is 0. The van der Waals surface area contributed by atoms with Crippen molar-refractivity contribution in [3.05, 3.63) is 69.4 Å². The topological polar surface area (TPSA) is 148 Å². The van der Waals surface area contributed by atoms with Gasteiger partial charge in [-0.1, -0.05) is 54.7 Å². The van der Waals surface area contributed by atoms with E-state index >= 15 is 0 Å². The largest absolute Gasteiger partial charge is 0.506 e. The molecule has 5 rings (SSSR count). The van der Waals surface area contributed by atoms with E-state index in [-0.39, 0.29) is 47.5 Å². The lowest BCUT2D eigenvalue weighted by molar-refractivity contribution is -0.171. The number of amides is 1. The average Bonchev–Trinajstić information content (AvgIpc) is 3.18. The Labute approximate surface area is 338 Å². The van der Waals surface area contributed by atoms with Gasteiger partial charge in [0.15, 0.2) is 11.6 Å². The molecule has 4 aliphatic rings. The molecule has 0 radical (unpaired) electrons. The normalized spacial score (nSPS) is 25.7. The fourth-order valence-corrected chi connectivity index (χ4v) is 8.58. The molecule has 3 N–H and O–H groups in total. The fraction of sp³-hybridized carbons (Fsp3) is 0.574. The number of phenols is 1. The molecule has 0 saturated carbocycles. The third kappa shape index (κ3) is 9.82. The molecule has 1 amide bonds. The molecule has 3 heterocycles. The Morgan fingerprint density at radius 2 is 1.61 bits per heavy atom. The van der Waals surface area contributed by atoms with Gasteiger partial charge in [0.2, 0.25) is 5.91 Å². The van der Waals surface area contributed by atoms with Crippen LogP contribution in [0.25, 0.3) is 6.08 Å². The van der Waals surface area contributed by atoms with Crippen LogP contribution in [0.1, 0.15) is 148 Å². The van der Waals surface area contributed by atoms with Crippen molar-refractivity contribution in [1.82, 2.24) is 5.32 Å². The number of carbonyl (C=O) groups excluding carboxylic acids is 3. The van der Waals surface area contributed by atoms with Gasteiger partial charge in [-0.05, 0) is 113 Å². The maximum atomic E-state index is 14.7. The Balaban J connectivity index is 1.39. The minimum atomic E-state index is -1.29. The maximum absolute atomic E-state index is 14.7. The first-order valence-corrected chi connectivity index (χ1v) is 20.7. The molecule has 57 heavy (non-hydrogen) atoms. The van der Waals surface area contributed by atoms with Crippen LogP contribution in [0.2, 0.25) is 0 Å². The van der Waals surface area contributed by atoms with Gasteiger partial charge >= 0.3 is 5.97 Å². The Bertz CT molecular complexity index is 1920. The van der Waals surface area contributed by atoms with Crippen molar-refractivity contribution in [2.45, 2.75) is 156 Å². The Hall–Kier alpha value is -4.44. The van der Waals surface area contributed by atoms with Crippen LogP contribution in [-0.2, 0) is 25.5 Å². The first-order valence-electron chi connectivity index (χ1n) is 20.7. The summed E-state index contributed by atoms with van der Waals surface area (Å²) in [5.41, 5.74) is 1.54. The van der Waals surface area contributed by atoms with E-state index in [9.17, 15) is 24.3 Å². The van der Waals surface area contributed by atoms with Gasteiger partial charge in [0.1, 0.15) is 40.1 Å². The number of hydrogen-bond donors (Lipinski definition) is 3.